The van der Waals surface area contributed by atoms with Gasteiger partial charge in [-0.1, -0.05) is 12.1 Å². The molecule has 0 unspecified atom stereocenters. The lowest BCUT2D eigenvalue weighted by Gasteiger charge is -2.08. The lowest BCUT2D eigenvalue weighted by molar-refractivity contribution is 0.619. The predicted octanol–water partition coefficient (Wildman–Crippen LogP) is 3.26. The molecule has 2 aromatic rings. The summed E-state index contributed by atoms with van der Waals surface area (Å²) in [6, 6.07) is 5.02. The van der Waals surface area contributed by atoms with Gasteiger partial charge in [0.05, 0.1) is 0 Å². The highest BCUT2D eigenvalue weighted by molar-refractivity contribution is 5.54. The zero-order valence-electron chi connectivity index (χ0n) is 9.65. The summed E-state index contributed by atoms with van der Waals surface area (Å²) in [5.41, 5.74) is 1.31. The number of allylic oxidation sites excluding steroid dienone is 1. The van der Waals surface area contributed by atoms with Gasteiger partial charge in [0.1, 0.15) is 5.82 Å². The molecule has 0 saturated carbocycles. The van der Waals surface area contributed by atoms with Crippen LogP contribution < -0.4 is 5.32 Å². The van der Waals surface area contributed by atoms with Gasteiger partial charge in [0, 0.05) is 24.6 Å². The zero-order valence-corrected chi connectivity index (χ0v) is 9.65. The number of hydrogen-bond donors (Lipinski definition) is 1. The highest BCUT2D eigenvalue weighted by Crippen LogP contribution is 2.18. The van der Waals surface area contributed by atoms with E-state index in [1.807, 2.05) is 16.8 Å². The van der Waals surface area contributed by atoms with Crippen molar-refractivity contribution in [3.05, 3.63) is 54.6 Å². The minimum Gasteiger partial charge on any atom is -0.326 e. The second-order valence-electron chi connectivity index (χ2n) is 3.78. The van der Waals surface area contributed by atoms with Crippen LogP contribution in [-0.4, -0.2) is 9.55 Å². The number of rotatable bonds is 4. The van der Waals surface area contributed by atoms with Gasteiger partial charge >= 0.3 is 0 Å². The van der Waals surface area contributed by atoms with Crippen molar-refractivity contribution in [2.45, 2.75) is 13.5 Å². The Hall–Kier alpha value is -2.10. The number of hydrogen-bond acceptors (Lipinski definition) is 2. The van der Waals surface area contributed by atoms with Crippen LogP contribution in [0.4, 0.5) is 16.0 Å². The second kappa shape index (κ2) is 4.82. The van der Waals surface area contributed by atoms with E-state index in [9.17, 15) is 4.39 Å². The maximum absolute atomic E-state index is 13.4. The molecule has 0 aliphatic rings. The van der Waals surface area contributed by atoms with Gasteiger partial charge < -0.3 is 9.88 Å². The third-order valence-electron chi connectivity index (χ3n) is 2.47. The van der Waals surface area contributed by atoms with Crippen molar-refractivity contribution in [2.24, 2.45) is 0 Å². The number of aromatic nitrogens is 2. The number of halogens is 1. The number of anilines is 2. The van der Waals surface area contributed by atoms with Crippen molar-refractivity contribution >= 4 is 11.6 Å². The Morgan fingerprint density at radius 1 is 1.53 bits per heavy atom. The van der Waals surface area contributed by atoms with Crippen LogP contribution in [0.25, 0.3) is 0 Å². The van der Waals surface area contributed by atoms with Crippen molar-refractivity contribution in [2.75, 3.05) is 5.32 Å². The minimum atomic E-state index is -0.225. The highest BCUT2D eigenvalue weighted by Gasteiger charge is 2.03. The fourth-order valence-corrected chi connectivity index (χ4v) is 1.52. The summed E-state index contributed by atoms with van der Waals surface area (Å²) in [6.07, 6.45) is 5.31. The van der Waals surface area contributed by atoms with Crippen molar-refractivity contribution in [1.82, 2.24) is 9.55 Å². The van der Waals surface area contributed by atoms with Crippen molar-refractivity contribution in [3.8, 4) is 0 Å². The summed E-state index contributed by atoms with van der Waals surface area (Å²) < 4.78 is 15.3. The first-order chi connectivity index (χ1) is 8.20. The summed E-state index contributed by atoms with van der Waals surface area (Å²) in [5.74, 6) is 0.449. The summed E-state index contributed by atoms with van der Waals surface area (Å²) in [4.78, 5) is 4.16. The normalized spacial score (nSPS) is 10.2. The van der Waals surface area contributed by atoms with E-state index in [-0.39, 0.29) is 5.82 Å². The molecule has 0 fully saturated rings. The molecule has 2 rings (SSSR count). The fourth-order valence-electron chi connectivity index (χ4n) is 1.52. The number of nitrogens with zero attached hydrogens (tertiary/aromatic N) is 2. The quantitative estimate of drug-likeness (QED) is 0.818. The Labute approximate surface area is 99.6 Å². The third kappa shape index (κ3) is 2.53. The molecule has 0 aliphatic carbocycles. The van der Waals surface area contributed by atoms with E-state index in [2.05, 4.69) is 16.9 Å². The largest absolute Gasteiger partial charge is 0.326 e. The van der Waals surface area contributed by atoms with Gasteiger partial charge in [0.15, 0.2) is 0 Å². The Balaban J connectivity index is 2.22. The van der Waals surface area contributed by atoms with E-state index in [0.717, 1.165) is 0 Å². The van der Waals surface area contributed by atoms with Crippen LogP contribution in [0.3, 0.4) is 0 Å². The van der Waals surface area contributed by atoms with E-state index in [0.29, 0.717) is 23.7 Å². The van der Waals surface area contributed by atoms with E-state index < -0.39 is 0 Å². The average molecular weight is 231 g/mol. The molecule has 1 aromatic carbocycles. The Bertz CT molecular complexity index is 531. The maximum atomic E-state index is 13.4. The molecule has 17 heavy (non-hydrogen) atoms. The fraction of sp³-hybridized carbons (Fsp3) is 0.154. The first-order valence-electron chi connectivity index (χ1n) is 5.36. The molecule has 0 saturated heterocycles. The molecule has 0 bridgehead atoms. The summed E-state index contributed by atoms with van der Waals surface area (Å²) >= 11 is 0. The van der Waals surface area contributed by atoms with Crippen LogP contribution in [0.15, 0.2) is 43.2 Å². The van der Waals surface area contributed by atoms with E-state index >= 15 is 0 Å². The van der Waals surface area contributed by atoms with Gasteiger partial charge in [-0.05, 0) is 24.6 Å². The molecule has 88 valence electrons. The summed E-state index contributed by atoms with van der Waals surface area (Å²) in [7, 11) is 0. The molecule has 0 spiro atoms. The highest BCUT2D eigenvalue weighted by atomic mass is 19.1. The van der Waals surface area contributed by atoms with Gasteiger partial charge in [-0.2, -0.15) is 0 Å². The Kier molecular flexibility index (Phi) is 3.23. The molecule has 1 heterocycles. The Morgan fingerprint density at radius 3 is 3.06 bits per heavy atom. The first kappa shape index (κ1) is 11.4. The van der Waals surface area contributed by atoms with Crippen LogP contribution in [-0.2, 0) is 6.54 Å². The molecule has 0 atom stereocenters. The summed E-state index contributed by atoms with van der Waals surface area (Å²) in [6.45, 7) is 6.07. The molecular formula is C13H14FN3. The molecule has 0 amide bonds. The van der Waals surface area contributed by atoms with Crippen LogP contribution in [0.1, 0.15) is 5.56 Å². The topological polar surface area (TPSA) is 29.9 Å². The maximum Gasteiger partial charge on any atom is 0.207 e. The third-order valence-corrected chi connectivity index (χ3v) is 2.47. The lowest BCUT2D eigenvalue weighted by Crippen LogP contribution is -2.02. The number of nitrogens with one attached hydrogen (secondary N) is 1. The van der Waals surface area contributed by atoms with E-state index in [4.69, 9.17) is 0 Å². The van der Waals surface area contributed by atoms with Gasteiger partial charge in [0.25, 0.3) is 0 Å². The van der Waals surface area contributed by atoms with Crippen molar-refractivity contribution in [1.29, 1.82) is 0 Å². The van der Waals surface area contributed by atoms with Crippen LogP contribution in [0, 0.1) is 12.7 Å². The van der Waals surface area contributed by atoms with Gasteiger partial charge in [0.2, 0.25) is 5.95 Å². The van der Waals surface area contributed by atoms with Gasteiger partial charge in [-0.25, -0.2) is 9.37 Å². The minimum absolute atomic E-state index is 0.225. The van der Waals surface area contributed by atoms with Crippen LogP contribution in [0.2, 0.25) is 0 Å². The summed E-state index contributed by atoms with van der Waals surface area (Å²) in [5, 5.41) is 3.07. The number of aryl methyl sites for hydroxylation is 1. The lowest BCUT2D eigenvalue weighted by atomic mass is 10.2. The van der Waals surface area contributed by atoms with Gasteiger partial charge in [-0.3, -0.25) is 0 Å². The SMILES string of the molecule is C=CCn1ccnc1Nc1ccc(C)c(F)c1. The number of imidazole rings is 1. The second-order valence-corrected chi connectivity index (χ2v) is 3.78. The Morgan fingerprint density at radius 2 is 2.35 bits per heavy atom. The first-order valence-corrected chi connectivity index (χ1v) is 5.36. The molecular weight excluding hydrogens is 217 g/mol. The molecule has 1 aromatic heterocycles. The molecule has 0 radical (unpaired) electrons. The standard InChI is InChI=1S/C13H14FN3/c1-3-7-17-8-6-15-13(17)16-11-5-4-10(2)12(14)9-11/h3-6,8-9H,1,7H2,2H3,(H,15,16). The van der Waals surface area contributed by atoms with Crippen LogP contribution in [0.5, 0.6) is 0 Å². The van der Waals surface area contributed by atoms with E-state index in [1.165, 1.54) is 6.07 Å². The molecule has 0 aliphatic heterocycles. The number of benzene rings is 1. The molecule has 3 nitrogen and oxygen atoms in total. The average Bonchev–Trinajstić information content (AvgIpc) is 2.72. The predicted molar refractivity (Wildman–Crippen MR) is 66.8 cm³/mol. The van der Waals surface area contributed by atoms with Crippen molar-refractivity contribution < 1.29 is 4.39 Å². The molecule has 4 heteroatoms. The van der Waals surface area contributed by atoms with E-state index in [1.54, 1.807) is 25.3 Å². The van der Waals surface area contributed by atoms with Crippen molar-refractivity contribution in [3.63, 3.8) is 0 Å². The molecule has 1 N–H and O–H groups in total. The van der Waals surface area contributed by atoms with Gasteiger partial charge in [-0.15, -0.1) is 6.58 Å². The zero-order chi connectivity index (χ0) is 12.3. The smallest absolute Gasteiger partial charge is 0.207 e. The van der Waals surface area contributed by atoms with Crippen LogP contribution >= 0.6 is 0 Å². The monoisotopic (exact) mass is 231 g/mol.